The molecule has 0 atom stereocenters. The van der Waals surface area contributed by atoms with Crippen LogP contribution in [-0.4, -0.2) is 25.5 Å². The Labute approximate surface area is 156 Å². The van der Waals surface area contributed by atoms with Gasteiger partial charge < -0.3 is 15.4 Å². The van der Waals surface area contributed by atoms with E-state index in [1.54, 1.807) is 36.4 Å². The van der Waals surface area contributed by atoms with Crippen molar-refractivity contribution >= 4 is 40.7 Å². The van der Waals surface area contributed by atoms with Gasteiger partial charge in [0, 0.05) is 16.6 Å². The molecule has 2 N–H and O–H groups in total. The molecule has 7 heteroatoms. The van der Waals surface area contributed by atoms with E-state index < -0.39 is 5.91 Å². The van der Waals surface area contributed by atoms with Crippen molar-refractivity contribution in [2.45, 2.75) is 12.8 Å². The van der Waals surface area contributed by atoms with Gasteiger partial charge in [-0.15, -0.1) is 0 Å². The van der Waals surface area contributed by atoms with Gasteiger partial charge in [-0.3, -0.25) is 9.59 Å². The van der Waals surface area contributed by atoms with E-state index in [0.29, 0.717) is 34.4 Å². The molecule has 0 fully saturated rings. The van der Waals surface area contributed by atoms with E-state index in [9.17, 15) is 9.59 Å². The molecule has 0 aliphatic heterocycles. The lowest BCUT2D eigenvalue weighted by Crippen LogP contribution is -2.29. The first-order chi connectivity index (χ1) is 12.0. The minimum atomic E-state index is -0.411. The van der Waals surface area contributed by atoms with Gasteiger partial charge in [-0.05, 0) is 36.2 Å². The van der Waals surface area contributed by atoms with Crippen LogP contribution in [0.5, 0.6) is 5.75 Å². The van der Waals surface area contributed by atoms with E-state index in [1.807, 2.05) is 6.07 Å². The number of anilines is 1. The quantitative estimate of drug-likeness (QED) is 0.719. The molecule has 0 radical (unpaired) electrons. The fourth-order valence-corrected chi connectivity index (χ4v) is 2.71. The van der Waals surface area contributed by atoms with E-state index in [4.69, 9.17) is 27.9 Å². The van der Waals surface area contributed by atoms with Gasteiger partial charge in [-0.25, -0.2) is 0 Å². The molecule has 0 saturated carbocycles. The molecule has 5 nitrogen and oxygen atoms in total. The fraction of sp³-hybridized carbons (Fsp3) is 0.222. The number of halogens is 2. The van der Waals surface area contributed by atoms with Crippen molar-refractivity contribution in [3.05, 3.63) is 58.1 Å². The van der Waals surface area contributed by atoms with Gasteiger partial charge in [0.15, 0.2) is 0 Å². The molecular formula is C18H18Cl2N2O3. The highest BCUT2D eigenvalue weighted by Gasteiger charge is 2.11. The summed E-state index contributed by atoms with van der Waals surface area (Å²) >= 11 is 11.9. The Morgan fingerprint density at radius 2 is 1.84 bits per heavy atom. The molecule has 0 aliphatic rings. The van der Waals surface area contributed by atoms with Gasteiger partial charge in [0.05, 0.1) is 12.8 Å². The number of hydrogen-bond donors (Lipinski definition) is 2. The van der Waals surface area contributed by atoms with E-state index in [2.05, 4.69) is 10.6 Å². The van der Waals surface area contributed by atoms with E-state index in [-0.39, 0.29) is 12.3 Å². The van der Waals surface area contributed by atoms with Crippen molar-refractivity contribution in [1.29, 1.82) is 0 Å². The molecular weight excluding hydrogens is 363 g/mol. The summed E-state index contributed by atoms with van der Waals surface area (Å²) in [6, 6.07) is 12.2. The Bertz CT molecular complexity index is 766. The Balaban J connectivity index is 1.78. The molecule has 2 aromatic rings. The third-order valence-electron chi connectivity index (χ3n) is 3.43. The van der Waals surface area contributed by atoms with Crippen molar-refractivity contribution in [3.63, 3.8) is 0 Å². The number of para-hydroxylation sites is 2. The first-order valence-electron chi connectivity index (χ1n) is 7.63. The number of benzene rings is 2. The minimum Gasteiger partial charge on any atom is -0.495 e. The maximum Gasteiger partial charge on any atom is 0.233 e. The Hall–Kier alpha value is -2.24. The maximum atomic E-state index is 12.0. The first kappa shape index (κ1) is 19.1. The highest BCUT2D eigenvalue weighted by atomic mass is 35.5. The molecule has 0 saturated heterocycles. The second-order valence-electron chi connectivity index (χ2n) is 5.26. The van der Waals surface area contributed by atoms with Crippen LogP contribution in [0.25, 0.3) is 0 Å². The number of carbonyl (C=O) groups excluding carboxylic acids is 2. The molecule has 2 amide bonds. The summed E-state index contributed by atoms with van der Waals surface area (Å²) in [6.45, 7) is 0.377. The summed E-state index contributed by atoms with van der Waals surface area (Å²) in [7, 11) is 1.51. The van der Waals surface area contributed by atoms with Gasteiger partial charge in [0.25, 0.3) is 0 Å². The summed E-state index contributed by atoms with van der Waals surface area (Å²) in [5.41, 5.74) is 1.40. The fourth-order valence-electron chi connectivity index (χ4n) is 2.21. The van der Waals surface area contributed by atoms with Crippen molar-refractivity contribution in [3.8, 4) is 5.75 Å². The van der Waals surface area contributed by atoms with Crippen LogP contribution < -0.4 is 15.4 Å². The Morgan fingerprint density at radius 3 is 2.56 bits per heavy atom. The number of methoxy groups -OCH3 is 1. The maximum absolute atomic E-state index is 12.0. The molecule has 0 heterocycles. The zero-order valence-electron chi connectivity index (χ0n) is 13.6. The molecule has 2 rings (SSSR count). The normalized spacial score (nSPS) is 10.2. The highest BCUT2D eigenvalue weighted by Crippen LogP contribution is 2.23. The zero-order valence-corrected chi connectivity index (χ0v) is 15.2. The summed E-state index contributed by atoms with van der Waals surface area (Å²) < 4.78 is 5.15. The van der Waals surface area contributed by atoms with E-state index in [1.165, 1.54) is 7.11 Å². The summed E-state index contributed by atoms with van der Waals surface area (Å²) in [5.74, 6) is -0.238. The predicted octanol–water partition coefficient (Wildman–Crippen LogP) is 3.69. The standard InChI is InChI=1S/C18H18Cl2N2O3/c1-25-16-5-3-2-4-15(16)22-18(24)11-17(23)21-9-8-12-6-7-13(19)10-14(12)20/h2-7,10H,8-9,11H2,1H3,(H,21,23)(H,22,24). The van der Waals surface area contributed by atoms with Crippen LogP contribution in [0.1, 0.15) is 12.0 Å². The molecule has 2 aromatic carbocycles. The number of nitrogens with one attached hydrogen (secondary N) is 2. The van der Waals surface area contributed by atoms with Gasteiger partial charge >= 0.3 is 0 Å². The third kappa shape index (κ3) is 5.96. The number of carbonyl (C=O) groups is 2. The highest BCUT2D eigenvalue weighted by molar-refractivity contribution is 6.35. The molecule has 0 aliphatic carbocycles. The number of rotatable bonds is 7. The lowest BCUT2D eigenvalue weighted by Gasteiger charge is -2.10. The molecule has 25 heavy (non-hydrogen) atoms. The van der Waals surface area contributed by atoms with Crippen molar-refractivity contribution < 1.29 is 14.3 Å². The molecule has 0 spiro atoms. The van der Waals surface area contributed by atoms with E-state index >= 15 is 0 Å². The average Bonchev–Trinajstić information content (AvgIpc) is 2.57. The van der Waals surface area contributed by atoms with Crippen molar-refractivity contribution in [2.75, 3.05) is 19.0 Å². The predicted molar refractivity (Wildman–Crippen MR) is 99.4 cm³/mol. The third-order valence-corrected chi connectivity index (χ3v) is 4.02. The van der Waals surface area contributed by atoms with Crippen LogP contribution in [0, 0.1) is 0 Å². The van der Waals surface area contributed by atoms with Crippen molar-refractivity contribution in [2.24, 2.45) is 0 Å². The molecule has 0 unspecified atom stereocenters. The van der Waals surface area contributed by atoms with Gasteiger partial charge in [0.2, 0.25) is 11.8 Å². The van der Waals surface area contributed by atoms with Crippen LogP contribution in [0.4, 0.5) is 5.69 Å². The lowest BCUT2D eigenvalue weighted by molar-refractivity contribution is -0.126. The van der Waals surface area contributed by atoms with Gasteiger partial charge in [0.1, 0.15) is 12.2 Å². The number of ether oxygens (including phenoxy) is 1. The Kier molecular flexibility index (Phi) is 7.10. The summed E-state index contributed by atoms with van der Waals surface area (Å²) in [4.78, 5) is 23.8. The SMILES string of the molecule is COc1ccccc1NC(=O)CC(=O)NCCc1ccc(Cl)cc1Cl. The summed E-state index contributed by atoms with van der Waals surface area (Å²) in [6.07, 6.45) is 0.280. The Morgan fingerprint density at radius 1 is 1.08 bits per heavy atom. The lowest BCUT2D eigenvalue weighted by atomic mass is 10.1. The van der Waals surface area contributed by atoms with E-state index in [0.717, 1.165) is 5.56 Å². The minimum absolute atomic E-state index is 0.271. The van der Waals surface area contributed by atoms with Crippen LogP contribution in [0.3, 0.4) is 0 Å². The van der Waals surface area contributed by atoms with Crippen LogP contribution >= 0.6 is 23.2 Å². The van der Waals surface area contributed by atoms with Gasteiger partial charge in [-0.1, -0.05) is 41.4 Å². The zero-order chi connectivity index (χ0) is 18.2. The largest absolute Gasteiger partial charge is 0.495 e. The second-order valence-corrected chi connectivity index (χ2v) is 6.10. The van der Waals surface area contributed by atoms with Crippen molar-refractivity contribution in [1.82, 2.24) is 5.32 Å². The molecule has 0 aromatic heterocycles. The molecule has 132 valence electrons. The van der Waals surface area contributed by atoms with Crippen LogP contribution in [0.2, 0.25) is 10.0 Å². The number of amides is 2. The van der Waals surface area contributed by atoms with Gasteiger partial charge in [-0.2, -0.15) is 0 Å². The van der Waals surface area contributed by atoms with Crippen LogP contribution in [0.15, 0.2) is 42.5 Å². The second kappa shape index (κ2) is 9.30. The molecule has 0 bridgehead atoms. The summed E-state index contributed by atoms with van der Waals surface area (Å²) in [5, 5.41) is 6.46. The average molecular weight is 381 g/mol. The smallest absolute Gasteiger partial charge is 0.233 e. The first-order valence-corrected chi connectivity index (χ1v) is 8.38. The monoisotopic (exact) mass is 380 g/mol. The number of hydrogen-bond acceptors (Lipinski definition) is 3. The van der Waals surface area contributed by atoms with Crippen LogP contribution in [-0.2, 0) is 16.0 Å². The topological polar surface area (TPSA) is 67.4 Å².